The largest absolute Gasteiger partial charge is 0.381 e. The lowest BCUT2D eigenvalue weighted by atomic mass is 9.86. The van der Waals surface area contributed by atoms with E-state index in [0.29, 0.717) is 39.3 Å². The van der Waals surface area contributed by atoms with Crippen molar-refractivity contribution in [1.82, 2.24) is 15.0 Å². The van der Waals surface area contributed by atoms with E-state index in [9.17, 15) is 9.59 Å². The van der Waals surface area contributed by atoms with Crippen LogP contribution < -0.4 is 0 Å². The molecular formula is C18H25N3O4. The van der Waals surface area contributed by atoms with Crippen molar-refractivity contribution in [3.8, 4) is 0 Å². The SMILES string of the molecule is Cc1noc(C)c1CN1CC2(CCN(C(=O)C3CCOC3)C2)CC1=O. The van der Waals surface area contributed by atoms with E-state index in [-0.39, 0.29) is 23.1 Å². The fourth-order valence-electron chi connectivity index (χ4n) is 4.43. The molecule has 3 aliphatic heterocycles. The van der Waals surface area contributed by atoms with Gasteiger partial charge in [-0.05, 0) is 26.7 Å². The molecule has 0 aromatic carbocycles. The summed E-state index contributed by atoms with van der Waals surface area (Å²) in [5.41, 5.74) is 1.75. The van der Waals surface area contributed by atoms with E-state index < -0.39 is 0 Å². The molecule has 7 heteroatoms. The third-order valence-corrected chi connectivity index (χ3v) is 5.96. The highest BCUT2D eigenvalue weighted by Gasteiger charge is 2.49. The monoisotopic (exact) mass is 347 g/mol. The standard InChI is InChI=1S/C18H25N3O4/c1-12-15(13(2)25-19-12)8-21-11-18(7-16(21)22)4-5-20(10-18)17(23)14-3-6-24-9-14/h14H,3-11H2,1-2H3. The Morgan fingerprint density at radius 1 is 1.36 bits per heavy atom. The predicted octanol–water partition coefficient (Wildman–Crippen LogP) is 1.28. The molecule has 2 atom stereocenters. The molecule has 3 fully saturated rings. The lowest BCUT2D eigenvalue weighted by molar-refractivity contribution is -0.135. The van der Waals surface area contributed by atoms with Gasteiger partial charge in [0.2, 0.25) is 11.8 Å². The number of nitrogens with zero attached hydrogens (tertiary/aromatic N) is 3. The number of likely N-dealkylation sites (tertiary alicyclic amines) is 2. The normalized spacial score (nSPS) is 29.4. The van der Waals surface area contributed by atoms with Gasteiger partial charge in [-0.3, -0.25) is 9.59 Å². The number of aryl methyl sites for hydroxylation is 2. The molecule has 2 amide bonds. The van der Waals surface area contributed by atoms with Gasteiger partial charge in [0.1, 0.15) is 5.76 Å². The second-order valence-electron chi connectivity index (χ2n) is 7.80. The smallest absolute Gasteiger partial charge is 0.228 e. The van der Waals surface area contributed by atoms with Crippen LogP contribution in [0.2, 0.25) is 0 Å². The summed E-state index contributed by atoms with van der Waals surface area (Å²) in [4.78, 5) is 29.0. The van der Waals surface area contributed by atoms with Gasteiger partial charge in [0, 0.05) is 43.6 Å². The van der Waals surface area contributed by atoms with Crippen LogP contribution in [0.15, 0.2) is 4.52 Å². The molecule has 3 aliphatic rings. The van der Waals surface area contributed by atoms with E-state index in [0.717, 1.165) is 36.4 Å². The molecule has 0 bridgehead atoms. The van der Waals surface area contributed by atoms with Crippen molar-refractivity contribution in [2.45, 2.75) is 39.7 Å². The van der Waals surface area contributed by atoms with E-state index in [1.54, 1.807) is 0 Å². The van der Waals surface area contributed by atoms with Gasteiger partial charge in [-0.1, -0.05) is 5.16 Å². The van der Waals surface area contributed by atoms with Crippen molar-refractivity contribution in [3.63, 3.8) is 0 Å². The van der Waals surface area contributed by atoms with Gasteiger partial charge in [0.05, 0.1) is 24.8 Å². The van der Waals surface area contributed by atoms with E-state index in [2.05, 4.69) is 5.16 Å². The van der Waals surface area contributed by atoms with Crippen LogP contribution >= 0.6 is 0 Å². The molecule has 2 unspecified atom stereocenters. The van der Waals surface area contributed by atoms with Crippen LogP contribution in [0.3, 0.4) is 0 Å². The van der Waals surface area contributed by atoms with Crippen molar-refractivity contribution >= 4 is 11.8 Å². The molecule has 0 N–H and O–H groups in total. The van der Waals surface area contributed by atoms with Gasteiger partial charge in [0.15, 0.2) is 0 Å². The van der Waals surface area contributed by atoms with E-state index in [1.165, 1.54) is 0 Å². The van der Waals surface area contributed by atoms with Gasteiger partial charge >= 0.3 is 0 Å². The van der Waals surface area contributed by atoms with Crippen molar-refractivity contribution in [2.24, 2.45) is 11.3 Å². The van der Waals surface area contributed by atoms with Crippen molar-refractivity contribution in [1.29, 1.82) is 0 Å². The molecule has 4 rings (SSSR count). The number of aromatic nitrogens is 1. The van der Waals surface area contributed by atoms with Crippen molar-refractivity contribution in [3.05, 3.63) is 17.0 Å². The van der Waals surface area contributed by atoms with E-state index >= 15 is 0 Å². The Labute approximate surface area is 147 Å². The highest BCUT2D eigenvalue weighted by atomic mass is 16.5. The Morgan fingerprint density at radius 2 is 2.20 bits per heavy atom. The minimum Gasteiger partial charge on any atom is -0.381 e. The number of amides is 2. The van der Waals surface area contributed by atoms with Gasteiger partial charge in [-0.25, -0.2) is 0 Å². The number of carbonyl (C=O) groups is 2. The Morgan fingerprint density at radius 3 is 2.88 bits per heavy atom. The minimum absolute atomic E-state index is 0.00524. The molecule has 0 aliphatic carbocycles. The van der Waals surface area contributed by atoms with E-state index in [4.69, 9.17) is 9.26 Å². The number of ether oxygens (including phenoxy) is 1. The average molecular weight is 347 g/mol. The second-order valence-corrected chi connectivity index (χ2v) is 7.80. The van der Waals surface area contributed by atoms with Gasteiger partial charge in [-0.2, -0.15) is 0 Å². The maximum absolute atomic E-state index is 12.6. The highest BCUT2D eigenvalue weighted by Crippen LogP contribution is 2.41. The van der Waals surface area contributed by atoms with Crippen LogP contribution in [0.25, 0.3) is 0 Å². The average Bonchev–Trinajstić information content (AvgIpc) is 3.34. The number of carbonyl (C=O) groups excluding carboxylic acids is 2. The first kappa shape index (κ1) is 16.6. The summed E-state index contributed by atoms with van der Waals surface area (Å²) in [5, 5.41) is 3.97. The second kappa shape index (κ2) is 6.12. The van der Waals surface area contributed by atoms with Crippen LogP contribution in [-0.4, -0.2) is 59.6 Å². The van der Waals surface area contributed by atoms with Crippen LogP contribution in [-0.2, 0) is 20.9 Å². The summed E-state index contributed by atoms with van der Waals surface area (Å²) < 4.78 is 10.6. The Kier molecular flexibility index (Phi) is 4.06. The fourth-order valence-corrected chi connectivity index (χ4v) is 4.43. The summed E-state index contributed by atoms with van der Waals surface area (Å²) in [6.45, 7) is 7.70. The predicted molar refractivity (Wildman–Crippen MR) is 88.6 cm³/mol. The number of rotatable bonds is 3. The molecule has 3 saturated heterocycles. The molecule has 4 heterocycles. The first-order valence-corrected chi connectivity index (χ1v) is 9.03. The van der Waals surface area contributed by atoms with Crippen LogP contribution in [0, 0.1) is 25.2 Å². The molecular weight excluding hydrogens is 322 g/mol. The summed E-state index contributed by atoms with van der Waals surface area (Å²) in [5.74, 6) is 1.14. The molecule has 136 valence electrons. The summed E-state index contributed by atoms with van der Waals surface area (Å²) >= 11 is 0. The number of hydrogen-bond acceptors (Lipinski definition) is 5. The Bertz CT molecular complexity index is 675. The highest BCUT2D eigenvalue weighted by molar-refractivity contribution is 5.82. The van der Waals surface area contributed by atoms with Crippen LogP contribution in [0.1, 0.15) is 36.3 Å². The lowest BCUT2D eigenvalue weighted by Crippen LogP contribution is -2.37. The Hall–Kier alpha value is -1.89. The summed E-state index contributed by atoms with van der Waals surface area (Å²) in [7, 11) is 0. The van der Waals surface area contributed by atoms with Gasteiger partial charge in [0.25, 0.3) is 0 Å². The van der Waals surface area contributed by atoms with Gasteiger partial charge < -0.3 is 19.1 Å². The summed E-state index contributed by atoms with van der Waals surface area (Å²) in [6, 6.07) is 0. The zero-order chi connectivity index (χ0) is 17.6. The van der Waals surface area contributed by atoms with Gasteiger partial charge in [-0.15, -0.1) is 0 Å². The Balaban J connectivity index is 1.42. The third-order valence-electron chi connectivity index (χ3n) is 5.96. The van der Waals surface area contributed by atoms with Crippen LogP contribution in [0.5, 0.6) is 0 Å². The molecule has 1 aromatic rings. The molecule has 7 nitrogen and oxygen atoms in total. The number of hydrogen-bond donors (Lipinski definition) is 0. The maximum Gasteiger partial charge on any atom is 0.228 e. The minimum atomic E-state index is -0.0921. The van der Waals surface area contributed by atoms with Crippen molar-refractivity contribution < 1.29 is 18.8 Å². The molecule has 1 aromatic heterocycles. The zero-order valence-corrected chi connectivity index (χ0v) is 14.9. The fraction of sp³-hybridized carbons (Fsp3) is 0.722. The molecule has 1 spiro atoms. The van der Waals surface area contributed by atoms with Crippen molar-refractivity contribution in [2.75, 3.05) is 32.8 Å². The third kappa shape index (κ3) is 2.94. The molecule has 0 radical (unpaired) electrons. The quantitative estimate of drug-likeness (QED) is 0.823. The first-order chi connectivity index (χ1) is 12.0. The lowest BCUT2D eigenvalue weighted by Gasteiger charge is -2.25. The molecule has 25 heavy (non-hydrogen) atoms. The van der Waals surface area contributed by atoms with E-state index in [1.807, 2.05) is 23.6 Å². The molecule has 0 saturated carbocycles. The first-order valence-electron chi connectivity index (χ1n) is 9.03. The topological polar surface area (TPSA) is 75.9 Å². The van der Waals surface area contributed by atoms with Crippen LogP contribution in [0.4, 0.5) is 0 Å². The zero-order valence-electron chi connectivity index (χ0n) is 14.9. The summed E-state index contributed by atoms with van der Waals surface area (Å²) in [6.07, 6.45) is 2.25. The maximum atomic E-state index is 12.6.